The molecule has 5 rings (SSSR count). The van der Waals surface area contributed by atoms with Gasteiger partial charge in [0.15, 0.2) is 11.6 Å². The van der Waals surface area contributed by atoms with Gasteiger partial charge in [-0.1, -0.05) is 12.1 Å². The lowest BCUT2D eigenvalue weighted by atomic mass is 10.1. The van der Waals surface area contributed by atoms with Crippen molar-refractivity contribution in [1.82, 2.24) is 25.1 Å². The van der Waals surface area contributed by atoms with Crippen LogP contribution in [-0.2, 0) is 4.74 Å². The van der Waals surface area contributed by atoms with E-state index in [2.05, 4.69) is 42.3 Å². The van der Waals surface area contributed by atoms with Crippen LogP contribution in [0.5, 0.6) is 0 Å². The first-order valence-electron chi connectivity index (χ1n) is 9.69. The van der Waals surface area contributed by atoms with Crippen LogP contribution in [0.2, 0.25) is 0 Å². The van der Waals surface area contributed by atoms with E-state index in [-0.39, 0.29) is 23.2 Å². The molecule has 2 aromatic heterocycles. The summed E-state index contributed by atoms with van der Waals surface area (Å²) >= 11 is 0. The maximum atomic E-state index is 13.7. The Balaban J connectivity index is 1.73. The van der Waals surface area contributed by atoms with Gasteiger partial charge in [-0.3, -0.25) is 5.32 Å². The van der Waals surface area contributed by atoms with Crippen LogP contribution < -0.4 is 15.5 Å². The lowest BCUT2D eigenvalue weighted by Gasteiger charge is -2.34. The van der Waals surface area contributed by atoms with Gasteiger partial charge in [0.05, 0.1) is 11.1 Å². The molecule has 0 radical (unpaired) electrons. The molecule has 0 bridgehead atoms. The molecule has 0 aliphatic carbocycles. The van der Waals surface area contributed by atoms with Crippen LogP contribution in [0, 0.1) is 0 Å². The highest BCUT2D eigenvalue weighted by atomic mass is 19.4. The van der Waals surface area contributed by atoms with E-state index in [1.165, 1.54) is 4.68 Å². The number of amides is 1. The Hall–Kier alpha value is -3.41. The van der Waals surface area contributed by atoms with Gasteiger partial charge in [0.1, 0.15) is 12.1 Å². The smallest absolute Gasteiger partial charge is 0.430 e. The fourth-order valence-electron chi connectivity index (χ4n) is 4.00. The molecule has 1 saturated heterocycles. The van der Waals surface area contributed by atoms with Gasteiger partial charge in [-0.25, -0.2) is 19.4 Å². The Bertz CT molecular complexity index is 1160. The van der Waals surface area contributed by atoms with E-state index in [9.17, 15) is 18.0 Å². The van der Waals surface area contributed by atoms with Crippen molar-refractivity contribution in [2.45, 2.75) is 25.2 Å². The molecular formula is C19H18F3N7O2. The zero-order valence-electron chi connectivity index (χ0n) is 16.3. The zero-order valence-corrected chi connectivity index (χ0v) is 16.3. The normalized spacial score (nSPS) is 21.5. The number of piperazine rings is 1. The molecule has 2 atom stereocenters. The first-order valence-corrected chi connectivity index (χ1v) is 9.69. The van der Waals surface area contributed by atoms with E-state index in [1.807, 2.05) is 12.1 Å². The van der Waals surface area contributed by atoms with E-state index in [1.54, 1.807) is 12.1 Å². The molecule has 1 amide bonds. The number of aromatic nitrogens is 4. The molecule has 0 saturated carbocycles. The van der Waals surface area contributed by atoms with Crippen LogP contribution in [0.15, 0.2) is 30.6 Å². The summed E-state index contributed by atoms with van der Waals surface area (Å²) in [5.41, 5.74) is 0.199. The molecule has 1 aromatic carbocycles. The number of nitrogens with one attached hydrogen (secondary N) is 2. The second-order valence-corrected chi connectivity index (χ2v) is 7.41. The highest BCUT2D eigenvalue weighted by Gasteiger charge is 2.50. The number of carbonyl (C=O) groups is 1. The van der Waals surface area contributed by atoms with Gasteiger partial charge in [-0.05, 0) is 19.1 Å². The van der Waals surface area contributed by atoms with Gasteiger partial charge in [0.25, 0.3) is 0 Å². The highest BCUT2D eigenvalue weighted by molar-refractivity contribution is 5.93. The number of anilines is 2. The third-order valence-corrected chi connectivity index (χ3v) is 5.41. The topological polar surface area (TPSA) is 97.2 Å². The zero-order chi connectivity index (χ0) is 21.8. The highest BCUT2D eigenvalue weighted by Crippen LogP contribution is 2.44. The average molecular weight is 433 g/mol. The average Bonchev–Trinajstić information content (AvgIpc) is 3.11. The van der Waals surface area contributed by atoms with Crippen LogP contribution >= 0.6 is 0 Å². The minimum absolute atomic E-state index is 0.0995. The Morgan fingerprint density at radius 2 is 2.00 bits per heavy atom. The number of nitrogens with zero attached hydrogens (tertiary/aromatic N) is 5. The van der Waals surface area contributed by atoms with E-state index in [0.717, 1.165) is 24.8 Å². The molecule has 0 unspecified atom stereocenters. The number of carbonyl (C=O) groups excluding carboxylic acids is 1. The van der Waals surface area contributed by atoms with Crippen molar-refractivity contribution >= 4 is 28.6 Å². The third kappa shape index (κ3) is 3.23. The van der Waals surface area contributed by atoms with Crippen LogP contribution in [-0.4, -0.2) is 57.7 Å². The predicted octanol–water partition coefficient (Wildman–Crippen LogP) is 2.78. The van der Waals surface area contributed by atoms with Crippen molar-refractivity contribution in [2.24, 2.45) is 0 Å². The van der Waals surface area contributed by atoms with E-state index >= 15 is 0 Å². The Kier molecular flexibility index (Phi) is 4.46. The third-order valence-electron chi connectivity index (χ3n) is 5.41. The molecule has 4 heterocycles. The summed E-state index contributed by atoms with van der Waals surface area (Å²) in [4.78, 5) is 21.7. The minimum atomic E-state index is -4.84. The van der Waals surface area contributed by atoms with Crippen molar-refractivity contribution in [3.8, 4) is 5.82 Å². The maximum absolute atomic E-state index is 13.7. The summed E-state index contributed by atoms with van der Waals surface area (Å²) in [5.74, 6) is 0.305. The van der Waals surface area contributed by atoms with Gasteiger partial charge in [-0.2, -0.15) is 13.2 Å². The Morgan fingerprint density at radius 3 is 2.77 bits per heavy atom. The number of hydrogen-bond donors (Lipinski definition) is 2. The maximum Gasteiger partial charge on any atom is 0.430 e. The predicted molar refractivity (Wildman–Crippen MR) is 105 cm³/mol. The molecular weight excluding hydrogens is 415 g/mol. The van der Waals surface area contributed by atoms with Gasteiger partial charge in [-0.15, -0.1) is 5.10 Å². The van der Waals surface area contributed by atoms with Crippen molar-refractivity contribution < 1.29 is 22.7 Å². The summed E-state index contributed by atoms with van der Waals surface area (Å²) in [6.07, 6.45) is -7.47. The van der Waals surface area contributed by atoms with Gasteiger partial charge in [0.2, 0.25) is 6.10 Å². The Morgan fingerprint density at radius 1 is 1.19 bits per heavy atom. The molecule has 31 heavy (non-hydrogen) atoms. The number of ether oxygens (including phenoxy) is 1. The number of fused-ring (bicyclic) bond motifs is 2. The molecule has 162 valence electrons. The quantitative estimate of drug-likeness (QED) is 0.642. The van der Waals surface area contributed by atoms with Crippen molar-refractivity contribution in [3.63, 3.8) is 0 Å². The van der Waals surface area contributed by atoms with Gasteiger partial charge in [0, 0.05) is 31.1 Å². The molecule has 2 aliphatic heterocycles. The van der Waals surface area contributed by atoms with Gasteiger partial charge < -0.3 is 15.0 Å². The number of benzene rings is 1. The number of alkyl halides is 3. The number of para-hydroxylation sites is 1. The largest absolute Gasteiger partial charge is 0.431 e. The summed E-state index contributed by atoms with van der Waals surface area (Å²) < 4.78 is 47.2. The summed E-state index contributed by atoms with van der Waals surface area (Å²) in [7, 11) is 0. The summed E-state index contributed by atoms with van der Waals surface area (Å²) in [6.45, 7) is 4.29. The number of cyclic esters (lactones) is 1. The van der Waals surface area contributed by atoms with Crippen LogP contribution in [0.25, 0.3) is 16.7 Å². The fourth-order valence-corrected chi connectivity index (χ4v) is 4.00. The van der Waals surface area contributed by atoms with Crippen LogP contribution in [0.1, 0.15) is 18.6 Å². The number of hydrogen-bond acceptors (Lipinski definition) is 7. The van der Waals surface area contributed by atoms with E-state index in [0.29, 0.717) is 17.9 Å². The Labute approximate surface area is 174 Å². The molecule has 9 nitrogen and oxygen atoms in total. The molecule has 12 heteroatoms. The monoisotopic (exact) mass is 433 g/mol. The lowest BCUT2D eigenvalue weighted by molar-refractivity contribution is -0.206. The fraction of sp³-hybridized carbons (Fsp3) is 0.368. The molecule has 2 aliphatic rings. The number of halogens is 3. The van der Waals surface area contributed by atoms with E-state index in [4.69, 9.17) is 0 Å². The molecule has 0 spiro atoms. The summed E-state index contributed by atoms with van der Waals surface area (Å²) in [5, 5.41) is 11.0. The minimum Gasteiger partial charge on any atom is -0.431 e. The lowest BCUT2D eigenvalue weighted by Crippen LogP contribution is -2.50. The van der Waals surface area contributed by atoms with Crippen LogP contribution in [0.4, 0.5) is 29.6 Å². The first-order chi connectivity index (χ1) is 14.8. The molecule has 2 N–H and O–H groups in total. The van der Waals surface area contributed by atoms with Gasteiger partial charge >= 0.3 is 12.3 Å². The number of rotatable bonds is 2. The first kappa shape index (κ1) is 19.5. The molecule has 3 aromatic rings. The standard InChI is InChI=1S/C19H18F3N7O2/c1-10-8-23-6-7-28(10)16-11-4-2-3-5-12(11)29(27-16)17-13-14(19(20,21)22)31-18(30)26-15(13)24-9-25-17/h2-5,9-10,14,23H,6-8H2,1H3,(H,24,25,26,30)/t10-,14-/m1/s1. The van der Waals surface area contributed by atoms with Crippen molar-refractivity contribution in [1.29, 1.82) is 0 Å². The van der Waals surface area contributed by atoms with E-state index < -0.39 is 18.4 Å². The summed E-state index contributed by atoms with van der Waals surface area (Å²) in [6, 6.07) is 7.40. The van der Waals surface area contributed by atoms with Crippen molar-refractivity contribution in [3.05, 3.63) is 36.2 Å². The SMILES string of the molecule is C[C@@H]1CNCCN1c1nn(-c2ncnc3c2[C@H](C(F)(F)F)OC(=O)N3)c2ccccc12. The second kappa shape index (κ2) is 7.08. The van der Waals surface area contributed by atoms with Crippen LogP contribution in [0.3, 0.4) is 0 Å². The van der Waals surface area contributed by atoms with Crippen molar-refractivity contribution in [2.75, 3.05) is 29.9 Å². The second-order valence-electron chi connectivity index (χ2n) is 7.41. The molecule has 1 fully saturated rings.